The fourth-order valence-electron chi connectivity index (χ4n) is 2.33. The Morgan fingerprint density at radius 3 is 2.79 bits per heavy atom. The zero-order valence-corrected chi connectivity index (χ0v) is 11.4. The summed E-state index contributed by atoms with van der Waals surface area (Å²) in [5.41, 5.74) is 0.800. The van der Waals surface area contributed by atoms with Crippen molar-refractivity contribution in [3.05, 3.63) is 24.3 Å². The maximum atomic E-state index is 10.9. The summed E-state index contributed by atoms with van der Waals surface area (Å²) in [6.45, 7) is 3.37. The molecule has 104 valence electrons. The van der Waals surface area contributed by atoms with Crippen molar-refractivity contribution in [3.8, 4) is 5.75 Å². The lowest BCUT2D eigenvalue weighted by Gasteiger charge is -2.23. The van der Waals surface area contributed by atoms with E-state index < -0.39 is 0 Å². The number of carbonyl (C=O) groups is 1. The van der Waals surface area contributed by atoms with Crippen molar-refractivity contribution >= 4 is 11.6 Å². The van der Waals surface area contributed by atoms with Crippen LogP contribution in [0.5, 0.6) is 5.75 Å². The van der Waals surface area contributed by atoms with Gasteiger partial charge in [0, 0.05) is 18.7 Å². The molecule has 0 aliphatic carbocycles. The summed E-state index contributed by atoms with van der Waals surface area (Å²) in [4.78, 5) is 10.9. The van der Waals surface area contributed by atoms with E-state index >= 15 is 0 Å². The molecule has 0 unspecified atom stereocenters. The van der Waals surface area contributed by atoms with E-state index in [9.17, 15) is 4.79 Å². The fourth-order valence-corrected chi connectivity index (χ4v) is 2.33. The van der Waals surface area contributed by atoms with Gasteiger partial charge in [0.15, 0.2) is 0 Å². The van der Waals surface area contributed by atoms with E-state index in [1.54, 1.807) is 0 Å². The Bertz CT molecular complexity index is 397. The van der Waals surface area contributed by atoms with Crippen LogP contribution in [-0.2, 0) is 4.79 Å². The molecule has 2 N–H and O–H groups in total. The lowest BCUT2D eigenvalue weighted by molar-refractivity contribution is -0.114. The normalized spacial score (nSPS) is 18.9. The minimum atomic E-state index is -0.0583. The summed E-state index contributed by atoms with van der Waals surface area (Å²) >= 11 is 0. The first kappa shape index (κ1) is 13.9. The number of benzene rings is 1. The van der Waals surface area contributed by atoms with Crippen molar-refractivity contribution in [2.45, 2.75) is 38.6 Å². The molecule has 0 spiro atoms. The van der Waals surface area contributed by atoms with Gasteiger partial charge in [-0.1, -0.05) is 6.42 Å². The van der Waals surface area contributed by atoms with Gasteiger partial charge in [0.2, 0.25) is 5.91 Å². The van der Waals surface area contributed by atoms with Crippen LogP contribution in [0.25, 0.3) is 0 Å². The number of rotatable bonds is 5. The molecular weight excluding hydrogens is 240 g/mol. The van der Waals surface area contributed by atoms with E-state index in [4.69, 9.17) is 4.74 Å². The molecule has 2 rings (SSSR count). The minimum Gasteiger partial charge on any atom is -0.494 e. The number of amides is 1. The standard InChI is InChI=1S/C15H22N2O2/c1-12(18)17-14-5-7-15(8-6-14)19-11-9-13-4-2-3-10-16-13/h5-8,13,16H,2-4,9-11H2,1H3,(H,17,18)/t13-/m0/s1. The molecule has 4 nitrogen and oxygen atoms in total. The first-order valence-corrected chi connectivity index (χ1v) is 6.98. The van der Waals surface area contributed by atoms with Crippen LogP contribution < -0.4 is 15.4 Å². The number of anilines is 1. The second-order valence-corrected chi connectivity index (χ2v) is 4.99. The number of nitrogens with one attached hydrogen (secondary N) is 2. The molecular formula is C15H22N2O2. The van der Waals surface area contributed by atoms with Gasteiger partial charge in [-0.2, -0.15) is 0 Å². The van der Waals surface area contributed by atoms with Crippen LogP contribution in [0.4, 0.5) is 5.69 Å². The molecule has 1 saturated heterocycles. The molecule has 0 radical (unpaired) electrons. The van der Waals surface area contributed by atoms with Gasteiger partial charge in [-0.25, -0.2) is 0 Å². The first-order chi connectivity index (χ1) is 9.24. The minimum absolute atomic E-state index is 0.0583. The molecule has 1 aliphatic rings. The SMILES string of the molecule is CC(=O)Nc1ccc(OCC[C@@H]2CCCCN2)cc1. The molecule has 0 bridgehead atoms. The van der Waals surface area contributed by atoms with E-state index in [1.165, 1.54) is 26.2 Å². The fraction of sp³-hybridized carbons (Fsp3) is 0.533. The maximum Gasteiger partial charge on any atom is 0.221 e. The van der Waals surface area contributed by atoms with E-state index in [-0.39, 0.29) is 5.91 Å². The second kappa shape index (κ2) is 7.14. The monoisotopic (exact) mass is 262 g/mol. The van der Waals surface area contributed by atoms with Gasteiger partial charge >= 0.3 is 0 Å². The molecule has 0 saturated carbocycles. The molecule has 1 heterocycles. The highest BCUT2D eigenvalue weighted by molar-refractivity contribution is 5.88. The van der Waals surface area contributed by atoms with Crippen molar-refractivity contribution < 1.29 is 9.53 Å². The van der Waals surface area contributed by atoms with Crippen LogP contribution in [0.3, 0.4) is 0 Å². The molecule has 1 amide bonds. The Labute approximate surface area is 114 Å². The average molecular weight is 262 g/mol. The third-order valence-electron chi connectivity index (χ3n) is 3.32. The Kier molecular flexibility index (Phi) is 5.21. The van der Waals surface area contributed by atoms with Gasteiger partial charge in [0.25, 0.3) is 0 Å². The van der Waals surface area contributed by atoms with Gasteiger partial charge in [0.1, 0.15) is 5.75 Å². The lowest BCUT2D eigenvalue weighted by atomic mass is 10.0. The van der Waals surface area contributed by atoms with Gasteiger partial charge in [-0.3, -0.25) is 4.79 Å². The number of carbonyl (C=O) groups excluding carboxylic acids is 1. The van der Waals surface area contributed by atoms with Crippen LogP contribution in [0.15, 0.2) is 24.3 Å². The molecule has 4 heteroatoms. The highest BCUT2D eigenvalue weighted by Gasteiger charge is 2.11. The number of hydrogen-bond donors (Lipinski definition) is 2. The quantitative estimate of drug-likeness (QED) is 0.857. The first-order valence-electron chi connectivity index (χ1n) is 6.98. The summed E-state index contributed by atoms with van der Waals surface area (Å²) in [6, 6.07) is 8.09. The predicted octanol–water partition coefficient (Wildman–Crippen LogP) is 2.56. The van der Waals surface area contributed by atoms with E-state index in [1.807, 2.05) is 24.3 Å². The van der Waals surface area contributed by atoms with Gasteiger partial charge < -0.3 is 15.4 Å². The van der Waals surface area contributed by atoms with Crippen molar-refractivity contribution in [3.63, 3.8) is 0 Å². The number of piperidine rings is 1. The summed E-state index contributed by atoms with van der Waals surface area (Å²) in [7, 11) is 0. The molecule has 1 aromatic carbocycles. The summed E-state index contributed by atoms with van der Waals surface area (Å²) in [5.74, 6) is 0.793. The maximum absolute atomic E-state index is 10.9. The lowest BCUT2D eigenvalue weighted by Crippen LogP contribution is -2.35. The van der Waals surface area contributed by atoms with E-state index in [2.05, 4.69) is 10.6 Å². The third kappa shape index (κ3) is 4.91. The Balaban J connectivity index is 1.71. The van der Waals surface area contributed by atoms with Crippen molar-refractivity contribution in [1.82, 2.24) is 5.32 Å². The Morgan fingerprint density at radius 1 is 1.37 bits per heavy atom. The topological polar surface area (TPSA) is 50.4 Å². The average Bonchev–Trinajstić information content (AvgIpc) is 2.41. The van der Waals surface area contributed by atoms with Crippen molar-refractivity contribution in [2.24, 2.45) is 0 Å². The molecule has 1 aromatic rings. The van der Waals surface area contributed by atoms with Crippen molar-refractivity contribution in [1.29, 1.82) is 0 Å². The van der Waals surface area contributed by atoms with Crippen LogP contribution >= 0.6 is 0 Å². The zero-order chi connectivity index (χ0) is 13.5. The third-order valence-corrected chi connectivity index (χ3v) is 3.32. The predicted molar refractivity (Wildman–Crippen MR) is 76.5 cm³/mol. The summed E-state index contributed by atoms with van der Waals surface area (Å²) in [5, 5.41) is 6.24. The van der Waals surface area contributed by atoms with Gasteiger partial charge in [0.05, 0.1) is 6.61 Å². The molecule has 19 heavy (non-hydrogen) atoms. The van der Waals surface area contributed by atoms with E-state index in [0.717, 1.165) is 31.0 Å². The van der Waals surface area contributed by atoms with E-state index in [0.29, 0.717) is 6.04 Å². The highest BCUT2D eigenvalue weighted by Crippen LogP contribution is 2.17. The van der Waals surface area contributed by atoms with Crippen molar-refractivity contribution in [2.75, 3.05) is 18.5 Å². The van der Waals surface area contributed by atoms with Crippen LogP contribution in [0, 0.1) is 0 Å². The summed E-state index contributed by atoms with van der Waals surface area (Å²) in [6.07, 6.45) is 4.92. The van der Waals surface area contributed by atoms with Gasteiger partial charge in [-0.15, -0.1) is 0 Å². The van der Waals surface area contributed by atoms with Crippen LogP contribution in [0.2, 0.25) is 0 Å². The van der Waals surface area contributed by atoms with Gasteiger partial charge in [-0.05, 0) is 50.1 Å². The molecule has 1 fully saturated rings. The zero-order valence-electron chi connectivity index (χ0n) is 11.4. The Morgan fingerprint density at radius 2 is 2.16 bits per heavy atom. The Hall–Kier alpha value is -1.55. The summed E-state index contributed by atoms with van der Waals surface area (Å²) < 4.78 is 5.72. The van der Waals surface area contributed by atoms with Crippen LogP contribution in [-0.4, -0.2) is 25.1 Å². The number of ether oxygens (including phenoxy) is 1. The number of hydrogen-bond acceptors (Lipinski definition) is 3. The second-order valence-electron chi connectivity index (χ2n) is 4.99. The van der Waals surface area contributed by atoms with Crippen LogP contribution in [0.1, 0.15) is 32.6 Å². The largest absolute Gasteiger partial charge is 0.494 e. The molecule has 1 atom stereocenters. The molecule has 0 aromatic heterocycles. The molecule has 1 aliphatic heterocycles. The smallest absolute Gasteiger partial charge is 0.221 e. The highest BCUT2D eigenvalue weighted by atomic mass is 16.5.